The highest BCUT2D eigenvalue weighted by Gasteiger charge is 2.11. The van der Waals surface area contributed by atoms with Crippen LogP contribution in [0.2, 0.25) is 5.02 Å². The van der Waals surface area contributed by atoms with Gasteiger partial charge in [-0.05, 0) is 18.2 Å². The fourth-order valence-electron chi connectivity index (χ4n) is 1.46. The molecule has 0 atom stereocenters. The summed E-state index contributed by atoms with van der Waals surface area (Å²) in [7, 11) is 0. The highest BCUT2D eigenvalue weighted by Crippen LogP contribution is 2.30. The van der Waals surface area contributed by atoms with Crippen molar-refractivity contribution < 1.29 is 14.3 Å². The molecule has 0 unspecified atom stereocenters. The monoisotopic (exact) mass is 251 g/mol. The lowest BCUT2D eigenvalue weighted by molar-refractivity contribution is 0.0697. The average Bonchev–Trinajstić information content (AvgIpc) is 2.30. The van der Waals surface area contributed by atoms with Gasteiger partial charge in [-0.3, -0.25) is 4.98 Å². The Morgan fingerprint density at radius 1 is 1.29 bits per heavy atom. The zero-order chi connectivity index (χ0) is 12.4. The maximum absolute atomic E-state index is 13.5. The van der Waals surface area contributed by atoms with Crippen LogP contribution in [-0.2, 0) is 0 Å². The standard InChI is InChI=1S/C12H7ClFNO2/c13-10-5-7(12(16)17)1-2-8(10)9-3-4-15-6-11(9)14/h1-6H,(H,16,17). The Bertz CT molecular complexity index is 586. The van der Waals surface area contributed by atoms with Gasteiger partial charge in [0.2, 0.25) is 0 Å². The first-order valence-corrected chi connectivity index (χ1v) is 5.10. The highest BCUT2D eigenvalue weighted by molar-refractivity contribution is 6.33. The van der Waals surface area contributed by atoms with Crippen LogP contribution in [0.3, 0.4) is 0 Å². The Morgan fingerprint density at radius 2 is 2.06 bits per heavy atom. The van der Waals surface area contributed by atoms with E-state index in [0.29, 0.717) is 11.1 Å². The maximum atomic E-state index is 13.5. The molecule has 0 bridgehead atoms. The van der Waals surface area contributed by atoms with Crippen molar-refractivity contribution in [2.75, 3.05) is 0 Å². The molecule has 0 spiro atoms. The number of carboxylic acids is 1. The van der Waals surface area contributed by atoms with E-state index in [1.165, 1.54) is 30.5 Å². The lowest BCUT2D eigenvalue weighted by atomic mass is 10.0. The van der Waals surface area contributed by atoms with Gasteiger partial charge < -0.3 is 5.11 Å². The highest BCUT2D eigenvalue weighted by atomic mass is 35.5. The fraction of sp³-hybridized carbons (Fsp3) is 0. The van der Waals surface area contributed by atoms with E-state index in [2.05, 4.69) is 4.98 Å². The third-order valence-corrected chi connectivity index (χ3v) is 2.59. The van der Waals surface area contributed by atoms with Crippen molar-refractivity contribution in [1.29, 1.82) is 0 Å². The Labute approximate surface area is 101 Å². The first kappa shape index (κ1) is 11.5. The lowest BCUT2D eigenvalue weighted by Crippen LogP contribution is -1.96. The molecule has 2 rings (SSSR count). The Balaban J connectivity index is 2.55. The van der Waals surface area contributed by atoms with Gasteiger partial charge in [-0.1, -0.05) is 17.7 Å². The van der Waals surface area contributed by atoms with Crippen molar-refractivity contribution in [2.45, 2.75) is 0 Å². The minimum absolute atomic E-state index is 0.0632. The topological polar surface area (TPSA) is 50.2 Å². The summed E-state index contributed by atoms with van der Waals surface area (Å²) in [4.78, 5) is 14.4. The summed E-state index contributed by atoms with van der Waals surface area (Å²) in [6.45, 7) is 0. The van der Waals surface area contributed by atoms with Gasteiger partial charge in [-0.15, -0.1) is 0 Å². The molecule has 0 fully saturated rings. The zero-order valence-corrected chi connectivity index (χ0v) is 9.28. The van der Waals surface area contributed by atoms with Crippen LogP contribution in [-0.4, -0.2) is 16.1 Å². The molecular formula is C12H7ClFNO2. The van der Waals surface area contributed by atoms with Crippen molar-refractivity contribution in [3.8, 4) is 11.1 Å². The molecule has 0 aliphatic heterocycles. The molecule has 1 aromatic carbocycles. The molecule has 0 saturated carbocycles. The van der Waals surface area contributed by atoms with Crippen molar-refractivity contribution in [1.82, 2.24) is 4.98 Å². The number of carbonyl (C=O) groups is 1. The molecule has 1 N–H and O–H groups in total. The summed E-state index contributed by atoms with van der Waals surface area (Å²) in [5.74, 6) is -1.58. The van der Waals surface area contributed by atoms with Crippen LogP contribution in [0.1, 0.15) is 10.4 Å². The normalized spacial score (nSPS) is 10.2. The zero-order valence-electron chi connectivity index (χ0n) is 8.52. The maximum Gasteiger partial charge on any atom is 0.335 e. The Hall–Kier alpha value is -1.94. The van der Waals surface area contributed by atoms with Crippen LogP contribution < -0.4 is 0 Å². The van der Waals surface area contributed by atoms with Crippen LogP contribution in [0.5, 0.6) is 0 Å². The quantitative estimate of drug-likeness (QED) is 0.891. The van der Waals surface area contributed by atoms with Gasteiger partial charge in [-0.25, -0.2) is 9.18 Å². The summed E-state index contributed by atoms with van der Waals surface area (Å²) >= 11 is 5.93. The largest absolute Gasteiger partial charge is 0.478 e. The van der Waals surface area contributed by atoms with Gasteiger partial charge in [0, 0.05) is 22.3 Å². The summed E-state index contributed by atoms with van der Waals surface area (Å²) in [5.41, 5.74) is 0.798. The molecule has 0 saturated heterocycles. The number of rotatable bonds is 2. The second kappa shape index (κ2) is 4.51. The number of nitrogens with zero attached hydrogens (tertiary/aromatic N) is 1. The van der Waals surface area contributed by atoms with E-state index in [-0.39, 0.29) is 10.6 Å². The number of hydrogen-bond acceptors (Lipinski definition) is 2. The SMILES string of the molecule is O=C(O)c1ccc(-c2ccncc2F)c(Cl)c1. The van der Waals surface area contributed by atoms with Crippen LogP contribution in [0.25, 0.3) is 11.1 Å². The Kier molecular flexibility index (Phi) is 3.06. The fourth-order valence-corrected chi connectivity index (χ4v) is 1.74. The van der Waals surface area contributed by atoms with Gasteiger partial charge in [0.25, 0.3) is 0 Å². The van der Waals surface area contributed by atoms with Gasteiger partial charge in [-0.2, -0.15) is 0 Å². The van der Waals surface area contributed by atoms with Gasteiger partial charge in [0.15, 0.2) is 0 Å². The number of halogens is 2. The average molecular weight is 252 g/mol. The predicted molar refractivity (Wildman–Crippen MR) is 61.6 cm³/mol. The third kappa shape index (κ3) is 2.26. The van der Waals surface area contributed by atoms with E-state index < -0.39 is 11.8 Å². The molecule has 1 aromatic heterocycles. The number of pyridine rings is 1. The summed E-state index contributed by atoms with van der Waals surface area (Å²) in [5, 5.41) is 8.97. The summed E-state index contributed by atoms with van der Waals surface area (Å²) in [6.07, 6.45) is 2.52. The summed E-state index contributed by atoms with van der Waals surface area (Å²) in [6, 6.07) is 5.63. The molecule has 86 valence electrons. The first-order valence-electron chi connectivity index (χ1n) is 4.72. The molecule has 2 aromatic rings. The van der Waals surface area contributed by atoms with Crippen LogP contribution in [0.4, 0.5) is 4.39 Å². The van der Waals surface area contributed by atoms with Crippen molar-refractivity contribution >= 4 is 17.6 Å². The minimum Gasteiger partial charge on any atom is -0.478 e. The number of benzene rings is 1. The lowest BCUT2D eigenvalue weighted by Gasteiger charge is -2.06. The second-order valence-electron chi connectivity index (χ2n) is 3.36. The van der Waals surface area contributed by atoms with E-state index in [1.807, 2.05) is 0 Å². The van der Waals surface area contributed by atoms with E-state index in [9.17, 15) is 9.18 Å². The van der Waals surface area contributed by atoms with Gasteiger partial charge in [0.1, 0.15) is 5.82 Å². The molecule has 5 heteroatoms. The third-order valence-electron chi connectivity index (χ3n) is 2.28. The minimum atomic E-state index is -1.08. The van der Waals surface area contributed by atoms with Crippen LogP contribution >= 0.6 is 11.6 Å². The number of hydrogen-bond donors (Lipinski definition) is 1. The molecule has 0 amide bonds. The molecular weight excluding hydrogens is 245 g/mol. The summed E-state index contributed by atoms with van der Waals surface area (Å²) < 4.78 is 13.5. The van der Waals surface area contributed by atoms with E-state index in [1.54, 1.807) is 0 Å². The molecule has 0 radical (unpaired) electrons. The van der Waals surface area contributed by atoms with Crippen LogP contribution in [0.15, 0.2) is 36.7 Å². The number of aromatic nitrogens is 1. The van der Waals surface area contributed by atoms with Crippen molar-refractivity contribution in [3.63, 3.8) is 0 Å². The second-order valence-corrected chi connectivity index (χ2v) is 3.76. The molecule has 1 heterocycles. The predicted octanol–water partition coefficient (Wildman–Crippen LogP) is 3.24. The van der Waals surface area contributed by atoms with Crippen molar-refractivity contribution in [3.05, 3.63) is 53.1 Å². The molecule has 0 aliphatic carbocycles. The van der Waals surface area contributed by atoms with Gasteiger partial charge in [0.05, 0.1) is 11.8 Å². The van der Waals surface area contributed by atoms with Crippen molar-refractivity contribution in [2.24, 2.45) is 0 Å². The molecule has 17 heavy (non-hydrogen) atoms. The Morgan fingerprint density at radius 3 is 2.65 bits per heavy atom. The first-order chi connectivity index (χ1) is 8.09. The van der Waals surface area contributed by atoms with E-state index in [0.717, 1.165) is 6.20 Å². The number of carboxylic acid groups (broad SMARTS) is 1. The molecule has 0 aliphatic rings. The smallest absolute Gasteiger partial charge is 0.335 e. The molecule has 3 nitrogen and oxygen atoms in total. The van der Waals surface area contributed by atoms with Crippen LogP contribution in [0, 0.1) is 5.82 Å². The van der Waals surface area contributed by atoms with Gasteiger partial charge >= 0.3 is 5.97 Å². The van der Waals surface area contributed by atoms with E-state index >= 15 is 0 Å². The number of aromatic carboxylic acids is 1. The van der Waals surface area contributed by atoms with E-state index in [4.69, 9.17) is 16.7 Å².